The van der Waals surface area contributed by atoms with E-state index < -0.39 is 16.1 Å². The zero-order valence-electron chi connectivity index (χ0n) is 19.7. The number of hydrogen-bond donors (Lipinski definition) is 3. The minimum atomic E-state index is -3.66. The summed E-state index contributed by atoms with van der Waals surface area (Å²) in [5.41, 5.74) is 3.67. The fourth-order valence-corrected chi connectivity index (χ4v) is 5.83. The highest BCUT2D eigenvalue weighted by Crippen LogP contribution is 2.27. The molecule has 3 N–H and O–H groups in total. The Labute approximate surface area is 206 Å². The largest absolute Gasteiger partial charge is 0.394 e. The molecule has 3 aromatic rings. The molecule has 1 amide bonds. The number of sulfonamides is 1. The van der Waals surface area contributed by atoms with Crippen LogP contribution in [-0.2, 0) is 14.8 Å². The standard InChI is InChI=1S/C27H31N3O4S/c1-19-17-23(15-16-28-19)20-9-13-25(14-10-20)35(33,34)30-24-11-7-22(8-12-24)27(32)29-26(18-31)21-5-3-2-4-6-21/h2-6,9-10,13-17,22,24,26,30-31H,7-8,11-12,18H2,1H3,(H,29,32)/t22-,24-,26-/m1/s1. The molecule has 0 saturated heterocycles. The van der Waals surface area contributed by atoms with E-state index in [1.165, 1.54) is 0 Å². The zero-order valence-corrected chi connectivity index (χ0v) is 20.5. The van der Waals surface area contributed by atoms with Gasteiger partial charge in [0.2, 0.25) is 15.9 Å². The van der Waals surface area contributed by atoms with Crippen molar-refractivity contribution in [3.05, 3.63) is 84.2 Å². The summed E-state index contributed by atoms with van der Waals surface area (Å²) < 4.78 is 28.7. The minimum absolute atomic E-state index is 0.101. The van der Waals surface area contributed by atoms with Gasteiger partial charge in [0.05, 0.1) is 17.5 Å². The van der Waals surface area contributed by atoms with E-state index in [2.05, 4.69) is 15.0 Å². The number of rotatable bonds is 8. The maximum Gasteiger partial charge on any atom is 0.240 e. The maximum absolute atomic E-state index is 12.9. The number of pyridine rings is 1. The van der Waals surface area contributed by atoms with Gasteiger partial charge in [-0.25, -0.2) is 13.1 Å². The number of aryl methyl sites for hydroxylation is 1. The van der Waals surface area contributed by atoms with Gasteiger partial charge in [-0.2, -0.15) is 0 Å². The van der Waals surface area contributed by atoms with E-state index in [0.29, 0.717) is 25.7 Å². The Kier molecular flexibility index (Phi) is 7.95. The fourth-order valence-electron chi connectivity index (χ4n) is 4.52. The van der Waals surface area contributed by atoms with Gasteiger partial charge < -0.3 is 10.4 Å². The van der Waals surface area contributed by atoms with E-state index in [9.17, 15) is 18.3 Å². The minimum Gasteiger partial charge on any atom is -0.394 e. The fraction of sp³-hybridized carbons (Fsp3) is 0.333. The second-order valence-corrected chi connectivity index (χ2v) is 10.7. The number of aliphatic hydroxyl groups is 1. The molecule has 0 radical (unpaired) electrons. The molecule has 8 heteroatoms. The number of hydrogen-bond acceptors (Lipinski definition) is 5. The third-order valence-corrected chi connectivity index (χ3v) is 8.05. The Morgan fingerprint density at radius 3 is 2.31 bits per heavy atom. The lowest BCUT2D eigenvalue weighted by molar-refractivity contribution is -0.127. The van der Waals surface area contributed by atoms with Crippen LogP contribution in [0, 0.1) is 12.8 Å². The quantitative estimate of drug-likeness (QED) is 0.443. The SMILES string of the molecule is Cc1cc(-c2ccc(S(=O)(=O)N[C@H]3CC[C@H](C(=O)N[C@H](CO)c4ccccc4)CC3)cc2)ccn1. The molecule has 1 fully saturated rings. The molecule has 1 aromatic heterocycles. The van der Waals surface area contributed by atoms with Crippen LogP contribution in [0.3, 0.4) is 0 Å². The predicted octanol–water partition coefficient (Wildman–Crippen LogP) is 3.74. The Bertz CT molecular complexity index is 1240. The van der Waals surface area contributed by atoms with Crippen molar-refractivity contribution >= 4 is 15.9 Å². The van der Waals surface area contributed by atoms with Crippen LogP contribution in [-0.4, -0.2) is 37.1 Å². The molecule has 0 aliphatic heterocycles. The number of aromatic nitrogens is 1. The normalized spacial score (nSPS) is 19.1. The number of amides is 1. The summed E-state index contributed by atoms with van der Waals surface area (Å²) in [5, 5.41) is 12.6. The van der Waals surface area contributed by atoms with Crippen LogP contribution in [0.25, 0.3) is 11.1 Å². The van der Waals surface area contributed by atoms with Crippen molar-refractivity contribution in [3.8, 4) is 11.1 Å². The van der Waals surface area contributed by atoms with E-state index in [4.69, 9.17) is 0 Å². The second kappa shape index (κ2) is 11.1. The third-order valence-electron chi connectivity index (χ3n) is 6.52. The van der Waals surface area contributed by atoms with Gasteiger partial charge in [-0.1, -0.05) is 42.5 Å². The molecule has 2 aromatic carbocycles. The molecule has 1 atom stereocenters. The maximum atomic E-state index is 12.9. The molecule has 4 rings (SSSR count). The molecule has 7 nitrogen and oxygen atoms in total. The average molecular weight is 494 g/mol. The van der Waals surface area contributed by atoms with E-state index in [0.717, 1.165) is 22.4 Å². The second-order valence-electron chi connectivity index (χ2n) is 9.03. The molecule has 0 bridgehead atoms. The number of carbonyl (C=O) groups excluding carboxylic acids is 1. The Morgan fingerprint density at radius 1 is 1.00 bits per heavy atom. The van der Waals surface area contributed by atoms with Crippen LogP contribution >= 0.6 is 0 Å². The summed E-state index contributed by atoms with van der Waals surface area (Å²) in [6.45, 7) is 1.74. The highest BCUT2D eigenvalue weighted by Gasteiger charge is 2.30. The van der Waals surface area contributed by atoms with Crippen molar-refractivity contribution in [2.45, 2.75) is 49.6 Å². The first-order valence-corrected chi connectivity index (χ1v) is 13.4. The van der Waals surface area contributed by atoms with Gasteiger partial charge in [-0.3, -0.25) is 9.78 Å². The first-order chi connectivity index (χ1) is 16.9. The topological polar surface area (TPSA) is 108 Å². The molecule has 1 saturated carbocycles. The van der Waals surface area contributed by atoms with Gasteiger partial charge in [-0.05, 0) is 73.6 Å². The molecule has 184 valence electrons. The third kappa shape index (κ3) is 6.33. The smallest absolute Gasteiger partial charge is 0.240 e. The Balaban J connectivity index is 1.32. The monoisotopic (exact) mass is 493 g/mol. The van der Waals surface area contributed by atoms with Gasteiger partial charge in [0.25, 0.3) is 0 Å². The summed E-state index contributed by atoms with van der Waals surface area (Å²) >= 11 is 0. The molecule has 0 spiro atoms. The van der Waals surface area contributed by atoms with Crippen LogP contribution < -0.4 is 10.0 Å². The predicted molar refractivity (Wildman–Crippen MR) is 135 cm³/mol. The lowest BCUT2D eigenvalue weighted by atomic mass is 9.85. The van der Waals surface area contributed by atoms with Crippen LogP contribution in [0.2, 0.25) is 0 Å². The molecule has 1 heterocycles. The number of carbonyl (C=O) groups is 1. The van der Waals surface area contributed by atoms with Crippen molar-refractivity contribution in [1.29, 1.82) is 0 Å². The van der Waals surface area contributed by atoms with Gasteiger partial charge >= 0.3 is 0 Å². The summed E-state index contributed by atoms with van der Waals surface area (Å²) in [5.74, 6) is -0.298. The molecule has 0 unspecified atom stereocenters. The summed E-state index contributed by atoms with van der Waals surface area (Å²) in [7, 11) is -3.66. The first-order valence-electron chi connectivity index (χ1n) is 11.9. The van der Waals surface area contributed by atoms with Crippen LogP contribution in [0.1, 0.15) is 43.0 Å². The number of aliphatic hydroxyl groups excluding tert-OH is 1. The van der Waals surface area contributed by atoms with Gasteiger partial charge in [0.1, 0.15) is 0 Å². The van der Waals surface area contributed by atoms with E-state index in [1.807, 2.05) is 49.4 Å². The summed E-state index contributed by atoms with van der Waals surface area (Å²) in [6.07, 6.45) is 4.08. The number of nitrogens with zero attached hydrogens (tertiary/aromatic N) is 1. The van der Waals surface area contributed by atoms with Crippen molar-refractivity contribution < 1.29 is 18.3 Å². The highest BCUT2D eigenvalue weighted by molar-refractivity contribution is 7.89. The highest BCUT2D eigenvalue weighted by atomic mass is 32.2. The van der Waals surface area contributed by atoms with Crippen molar-refractivity contribution in [2.24, 2.45) is 5.92 Å². The van der Waals surface area contributed by atoms with Crippen molar-refractivity contribution in [3.63, 3.8) is 0 Å². The molecular formula is C27H31N3O4S. The molecule has 1 aliphatic carbocycles. The lowest BCUT2D eigenvalue weighted by Crippen LogP contribution is -2.42. The average Bonchev–Trinajstić information content (AvgIpc) is 2.88. The van der Waals surface area contributed by atoms with E-state index >= 15 is 0 Å². The van der Waals surface area contributed by atoms with Crippen LogP contribution in [0.15, 0.2) is 77.8 Å². The van der Waals surface area contributed by atoms with Crippen molar-refractivity contribution in [2.75, 3.05) is 6.61 Å². The molecule has 35 heavy (non-hydrogen) atoms. The molecule has 1 aliphatic rings. The van der Waals surface area contributed by atoms with Crippen LogP contribution in [0.4, 0.5) is 0 Å². The zero-order chi connectivity index (χ0) is 24.8. The number of nitrogens with one attached hydrogen (secondary N) is 2. The first kappa shape index (κ1) is 25.0. The summed E-state index contributed by atoms with van der Waals surface area (Å²) in [4.78, 5) is 17.2. The van der Waals surface area contributed by atoms with Gasteiger partial charge in [0.15, 0.2) is 0 Å². The van der Waals surface area contributed by atoms with Gasteiger partial charge in [-0.15, -0.1) is 0 Å². The van der Waals surface area contributed by atoms with E-state index in [-0.39, 0.29) is 29.4 Å². The number of benzene rings is 2. The van der Waals surface area contributed by atoms with Gasteiger partial charge in [0, 0.05) is 23.9 Å². The molecular weight excluding hydrogens is 462 g/mol. The Morgan fingerprint density at radius 2 is 1.69 bits per heavy atom. The van der Waals surface area contributed by atoms with Crippen molar-refractivity contribution in [1.82, 2.24) is 15.0 Å². The van der Waals surface area contributed by atoms with E-state index in [1.54, 1.807) is 30.5 Å². The lowest BCUT2D eigenvalue weighted by Gasteiger charge is -2.29. The Hall–Kier alpha value is -3.07. The summed E-state index contributed by atoms with van der Waals surface area (Å²) in [6, 6.07) is 19.4. The van der Waals surface area contributed by atoms with Crippen LogP contribution in [0.5, 0.6) is 0 Å².